The van der Waals surface area contributed by atoms with E-state index in [1.54, 1.807) is 6.07 Å². The summed E-state index contributed by atoms with van der Waals surface area (Å²) >= 11 is 15.6. The van der Waals surface area contributed by atoms with Crippen LogP contribution in [0.15, 0.2) is 40.9 Å². The first kappa shape index (κ1) is 14.7. The first-order valence-corrected chi connectivity index (χ1v) is 7.50. The molecule has 0 bridgehead atoms. The molecular weight excluding hydrogens is 345 g/mol. The van der Waals surface area contributed by atoms with Crippen molar-refractivity contribution in [1.29, 1.82) is 0 Å². The Kier molecular flexibility index (Phi) is 4.77. The fourth-order valence-electron chi connectivity index (χ4n) is 1.91. The number of anilines is 1. The van der Waals surface area contributed by atoms with Gasteiger partial charge in [0.05, 0.1) is 6.04 Å². The van der Waals surface area contributed by atoms with Crippen molar-refractivity contribution in [3.63, 3.8) is 0 Å². The Morgan fingerprint density at radius 1 is 1.11 bits per heavy atom. The predicted octanol–water partition coefficient (Wildman–Crippen LogP) is 6.24. The predicted molar refractivity (Wildman–Crippen MR) is 87.4 cm³/mol. The van der Waals surface area contributed by atoms with Gasteiger partial charge in [0.15, 0.2) is 0 Å². The molecule has 0 aliphatic heterocycles. The molecule has 0 spiro atoms. The number of benzene rings is 2. The van der Waals surface area contributed by atoms with Gasteiger partial charge in [0, 0.05) is 20.2 Å². The van der Waals surface area contributed by atoms with Crippen molar-refractivity contribution in [2.45, 2.75) is 19.9 Å². The van der Waals surface area contributed by atoms with Crippen LogP contribution in [0.4, 0.5) is 5.69 Å². The minimum atomic E-state index is 0.109. The van der Waals surface area contributed by atoms with Gasteiger partial charge >= 0.3 is 0 Å². The summed E-state index contributed by atoms with van der Waals surface area (Å²) in [5, 5.41) is 4.80. The molecule has 0 fully saturated rings. The van der Waals surface area contributed by atoms with Gasteiger partial charge in [-0.15, -0.1) is 0 Å². The SMILES string of the molecule is Cc1ccc(Br)cc1NC(C)c1ccc(Cl)cc1Cl. The Hall–Kier alpha value is -0.700. The Bertz CT molecular complexity index is 599. The Labute approximate surface area is 132 Å². The third kappa shape index (κ3) is 3.65. The van der Waals surface area contributed by atoms with Crippen molar-refractivity contribution < 1.29 is 0 Å². The molecule has 4 heteroatoms. The largest absolute Gasteiger partial charge is 0.378 e. The molecule has 0 saturated heterocycles. The van der Waals surface area contributed by atoms with Gasteiger partial charge in [0.25, 0.3) is 0 Å². The van der Waals surface area contributed by atoms with E-state index in [2.05, 4.69) is 47.2 Å². The van der Waals surface area contributed by atoms with E-state index in [9.17, 15) is 0 Å². The molecule has 2 aromatic carbocycles. The van der Waals surface area contributed by atoms with Crippen molar-refractivity contribution in [3.8, 4) is 0 Å². The molecule has 1 atom stereocenters. The summed E-state index contributed by atoms with van der Waals surface area (Å²) in [4.78, 5) is 0. The average Bonchev–Trinajstić information content (AvgIpc) is 2.33. The van der Waals surface area contributed by atoms with Crippen LogP contribution in [0.2, 0.25) is 10.0 Å². The van der Waals surface area contributed by atoms with Gasteiger partial charge < -0.3 is 5.32 Å². The number of aryl methyl sites for hydroxylation is 1. The molecule has 0 heterocycles. The topological polar surface area (TPSA) is 12.0 Å². The van der Waals surface area contributed by atoms with Gasteiger partial charge in [-0.3, -0.25) is 0 Å². The van der Waals surface area contributed by atoms with E-state index in [-0.39, 0.29) is 6.04 Å². The lowest BCUT2D eigenvalue weighted by Gasteiger charge is -2.19. The molecule has 2 aromatic rings. The minimum absolute atomic E-state index is 0.109. The molecule has 0 aromatic heterocycles. The second kappa shape index (κ2) is 6.17. The van der Waals surface area contributed by atoms with E-state index < -0.39 is 0 Å². The quantitative estimate of drug-likeness (QED) is 0.684. The maximum absolute atomic E-state index is 6.23. The van der Waals surface area contributed by atoms with Crippen LogP contribution in [0.25, 0.3) is 0 Å². The maximum Gasteiger partial charge on any atom is 0.0500 e. The van der Waals surface area contributed by atoms with Crippen LogP contribution in [0.3, 0.4) is 0 Å². The molecule has 100 valence electrons. The first-order valence-electron chi connectivity index (χ1n) is 5.95. The molecule has 0 saturated carbocycles. The van der Waals surface area contributed by atoms with Crippen molar-refractivity contribution in [3.05, 3.63) is 62.0 Å². The summed E-state index contributed by atoms with van der Waals surface area (Å²) in [6, 6.07) is 11.9. The summed E-state index contributed by atoms with van der Waals surface area (Å²) in [7, 11) is 0. The zero-order valence-electron chi connectivity index (χ0n) is 10.7. The van der Waals surface area contributed by atoms with E-state index in [4.69, 9.17) is 23.2 Å². The second-order valence-corrected chi connectivity index (χ2v) is 6.25. The van der Waals surface area contributed by atoms with Crippen molar-refractivity contribution in [2.75, 3.05) is 5.32 Å². The summed E-state index contributed by atoms with van der Waals surface area (Å²) < 4.78 is 1.05. The number of hydrogen-bond acceptors (Lipinski definition) is 1. The third-order valence-corrected chi connectivity index (χ3v) is 4.06. The molecule has 19 heavy (non-hydrogen) atoms. The highest BCUT2D eigenvalue weighted by atomic mass is 79.9. The Morgan fingerprint density at radius 3 is 2.53 bits per heavy atom. The molecule has 0 aliphatic rings. The van der Waals surface area contributed by atoms with Crippen LogP contribution in [-0.4, -0.2) is 0 Å². The Balaban J connectivity index is 2.25. The lowest BCUT2D eigenvalue weighted by molar-refractivity contribution is 0.883. The van der Waals surface area contributed by atoms with Gasteiger partial charge in [-0.05, 0) is 49.2 Å². The molecule has 0 amide bonds. The Morgan fingerprint density at radius 2 is 1.84 bits per heavy atom. The smallest absolute Gasteiger partial charge is 0.0500 e. The molecule has 1 N–H and O–H groups in total. The zero-order chi connectivity index (χ0) is 14.0. The van der Waals surface area contributed by atoms with Gasteiger partial charge in [-0.25, -0.2) is 0 Å². The lowest BCUT2D eigenvalue weighted by Crippen LogP contribution is -2.08. The molecule has 0 radical (unpaired) electrons. The van der Waals surface area contributed by atoms with Gasteiger partial charge in [-0.2, -0.15) is 0 Å². The van der Waals surface area contributed by atoms with E-state index in [0.29, 0.717) is 10.0 Å². The third-order valence-electron chi connectivity index (χ3n) is 3.00. The second-order valence-electron chi connectivity index (χ2n) is 4.49. The molecule has 2 rings (SSSR count). The minimum Gasteiger partial charge on any atom is -0.378 e. The molecule has 1 unspecified atom stereocenters. The summed E-state index contributed by atoms with van der Waals surface area (Å²) in [5.41, 5.74) is 3.32. The van der Waals surface area contributed by atoms with Gasteiger partial charge in [0.2, 0.25) is 0 Å². The van der Waals surface area contributed by atoms with Crippen molar-refractivity contribution in [2.24, 2.45) is 0 Å². The number of halogens is 3. The van der Waals surface area contributed by atoms with E-state index in [0.717, 1.165) is 15.7 Å². The highest BCUT2D eigenvalue weighted by molar-refractivity contribution is 9.10. The van der Waals surface area contributed by atoms with E-state index in [1.807, 2.05) is 18.2 Å². The number of rotatable bonds is 3. The average molecular weight is 359 g/mol. The fraction of sp³-hybridized carbons (Fsp3) is 0.200. The van der Waals surface area contributed by atoms with Crippen LogP contribution in [0.5, 0.6) is 0 Å². The van der Waals surface area contributed by atoms with E-state index in [1.165, 1.54) is 5.56 Å². The normalized spacial score (nSPS) is 12.3. The summed E-state index contributed by atoms with van der Waals surface area (Å²) in [6.07, 6.45) is 0. The summed E-state index contributed by atoms with van der Waals surface area (Å²) in [6.45, 7) is 4.15. The highest BCUT2D eigenvalue weighted by Crippen LogP contribution is 2.30. The summed E-state index contributed by atoms with van der Waals surface area (Å²) in [5.74, 6) is 0. The molecule has 1 nitrogen and oxygen atoms in total. The zero-order valence-corrected chi connectivity index (χ0v) is 13.8. The van der Waals surface area contributed by atoms with Crippen LogP contribution in [0.1, 0.15) is 24.1 Å². The van der Waals surface area contributed by atoms with Gasteiger partial charge in [0.1, 0.15) is 0 Å². The first-order chi connectivity index (χ1) is 8.97. The number of hydrogen-bond donors (Lipinski definition) is 1. The van der Waals surface area contributed by atoms with Crippen molar-refractivity contribution in [1.82, 2.24) is 0 Å². The van der Waals surface area contributed by atoms with E-state index >= 15 is 0 Å². The van der Waals surface area contributed by atoms with Crippen LogP contribution >= 0.6 is 39.1 Å². The standard InChI is InChI=1S/C15H14BrCl2N/c1-9-3-4-11(16)7-15(9)19-10(2)13-6-5-12(17)8-14(13)18/h3-8,10,19H,1-2H3. The fourth-order valence-corrected chi connectivity index (χ4v) is 2.85. The molecule has 0 aliphatic carbocycles. The van der Waals surface area contributed by atoms with Gasteiger partial charge in [-0.1, -0.05) is 51.3 Å². The highest BCUT2D eigenvalue weighted by Gasteiger charge is 2.11. The van der Waals surface area contributed by atoms with Crippen LogP contribution in [0, 0.1) is 6.92 Å². The molecular formula is C15H14BrCl2N. The maximum atomic E-state index is 6.23. The van der Waals surface area contributed by atoms with Crippen molar-refractivity contribution >= 4 is 44.8 Å². The van der Waals surface area contributed by atoms with Crippen LogP contribution < -0.4 is 5.32 Å². The monoisotopic (exact) mass is 357 g/mol. The number of nitrogens with one attached hydrogen (secondary N) is 1. The lowest BCUT2D eigenvalue weighted by atomic mass is 10.1. The van der Waals surface area contributed by atoms with Crippen LogP contribution in [-0.2, 0) is 0 Å².